The normalized spacial score (nSPS) is 13.8. The van der Waals surface area contributed by atoms with Gasteiger partial charge in [-0.25, -0.2) is 0 Å². The second-order valence-electron chi connectivity index (χ2n) is 4.50. The standard InChI is InChI=1S/C13H22N2O/c1-5-10-6-8-11(9-7-10)12(15-14)13(2,3)16-4/h6-9,12,15H,5,14H2,1-4H3. The van der Waals surface area contributed by atoms with Crippen LogP contribution in [0.3, 0.4) is 0 Å². The Kier molecular flexibility index (Phi) is 4.47. The van der Waals surface area contributed by atoms with Crippen LogP contribution in [0.25, 0.3) is 0 Å². The zero-order chi connectivity index (χ0) is 12.2. The van der Waals surface area contributed by atoms with Gasteiger partial charge in [-0.3, -0.25) is 11.3 Å². The molecule has 1 rings (SSSR count). The number of nitrogens with one attached hydrogen (secondary N) is 1. The zero-order valence-electron chi connectivity index (χ0n) is 10.6. The summed E-state index contributed by atoms with van der Waals surface area (Å²) in [5, 5.41) is 0. The summed E-state index contributed by atoms with van der Waals surface area (Å²) in [6.45, 7) is 6.18. The minimum atomic E-state index is -0.331. The van der Waals surface area contributed by atoms with Crippen molar-refractivity contribution in [3.8, 4) is 0 Å². The number of rotatable bonds is 5. The molecule has 3 heteroatoms. The van der Waals surface area contributed by atoms with Crippen molar-refractivity contribution in [3.63, 3.8) is 0 Å². The van der Waals surface area contributed by atoms with Gasteiger partial charge in [-0.2, -0.15) is 0 Å². The number of hydrogen-bond donors (Lipinski definition) is 2. The summed E-state index contributed by atoms with van der Waals surface area (Å²) in [5.74, 6) is 5.61. The van der Waals surface area contributed by atoms with Gasteiger partial charge in [0.1, 0.15) is 0 Å². The van der Waals surface area contributed by atoms with Gasteiger partial charge in [0.05, 0.1) is 11.6 Å². The lowest BCUT2D eigenvalue weighted by Crippen LogP contribution is -2.43. The third kappa shape index (κ3) is 2.82. The SMILES string of the molecule is CCc1ccc(C(NN)C(C)(C)OC)cc1. The Bertz CT molecular complexity index is 319. The summed E-state index contributed by atoms with van der Waals surface area (Å²) in [6, 6.07) is 8.45. The van der Waals surface area contributed by atoms with Crippen molar-refractivity contribution < 1.29 is 4.74 Å². The van der Waals surface area contributed by atoms with E-state index < -0.39 is 0 Å². The molecular formula is C13H22N2O. The molecule has 90 valence electrons. The Balaban J connectivity index is 2.95. The molecule has 3 nitrogen and oxygen atoms in total. The number of methoxy groups -OCH3 is 1. The van der Waals surface area contributed by atoms with Crippen LogP contribution < -0.4 is 11.3 Å². The second kappa shape index (κ2) is 5.43. The van der Waals surface area contributed by atoms with Crippen molar-refractivity contribution >= 4 is 0 Å². The molecule has 1 atom stereocenters. The highest BCUT2D eigenvalue weighted by atomic mass is 16.5. The third-order valence-electron chi connectivity index (χ3n) is 3.11. The predicted octanol–water partition coefficient (Wildman–Crippen LogP) is 2.18. The topological polar surface area (TPSA) is 47.3 Å². The summed E-state index contributed by atoms with van der Waals surface area (Å²) in [4.78, 5) is 0. The first-order valence-electron chi connectivity index (χ1n) is 5.65. The zero-order valence-corrected chi connectivity index (χ0v) is 10.6. The molecule has 0 radical (unpaired) electrons. The van der Waals surface area contributed by atoms with Crippen molar-refractivity contribution in [1.82, 2.24) is 5.43 Å². The number of aryl methyl sites for hydroxylation is 1. The molecule has 0 aliphatic rings. The van der Waals surface area contributed by atoms with Crippen molar-refractivity contribution in [2.24, 2.45) is 5.84 Å². The van der Waals surface area contributed by atoms with Crippen molar-refractivity contribution in [2.75, 3.05) is 7.11 Å². The Morgan fingerprint density at radius 3 is 2.25 bits per heavy atom. The molecule has 0 saturated heterocycles. The summed E-state index contributed by atoms with van der Waals surface area (Å²) in [5.41, 5.74) is 4.96. The molecule has 16 heavy (non-hydrogen) atoms. The molecule has 0 aliphatic heterocycles. The Hall–Kier alpha value is -0.900. The maximum Gasteiger partial charge on any atom is 0.0829 e. The number of nitrogens with two attached hydrogens (primary N) is 1. The maximum absolute atomic E-state index is 5.61. The summed E-state index contributed by atoms with van der Waals surface area (Å²) >= 11 is 0. The van der Waals surface area contributed by atoms with Crippen LogP contribution in [0.2, 0.25) is 0 Å². The van der Waals surface area contributed by atoms with Gasteiger partial charge in [0.25, 0.3) is 0 Å². The van der Waals surface area contributed by atoms with E-state index in [0.29, 0.717) is 0 Å². The van der Waals surface area contributed by atoms with Gasteiger partial charge >= 0.3 is 0 Å². The minimum absolute atomic E-state index is 0.0107. The quantitative estimate of drug-likeness (QED) is 0.593. The maximum atomic E-state index is 5.61. The average molecular weight is 222 g/mol. The van der Waals surface area contributed by atoms with Crippen LogP contribution in [-0.2, 0) is 11.2 Å². The van der Waals surface area contributed by atoms with E-state index in [1.54, 1.807) is 7.11 Å². The number of benzene rings is 1. The molecular weight excluding hydrogens is 200 g/mol. The first-order chi connectivity index (χ1) is 7.55. The van der Waals surface area contributed by atoms with Crippen molar-refractivity contribution in [2.45, 2.75) is 38.8 Å². The van der Waals surface area contributed by atoms with E-state index in [2.05, 4.69) is 36.6 Å². The fourth-order valence-corrected chi connectivity index (χ4v) is 1.76. The molecule has 1 aromatic carbocycles. The highest BCUT2D eigenvalue weighted by Gasteiger charge is 2.29. The van der Waals surface area contributed by atoms with Gasteiger partial charge in [-0.05, 0) is 31.4 Å². The number of ether oxygens (including phenoxy) is 1. The molecule has 0 saturated carbocycles. The van der Waals surface area contributed by atoms with Crippen LogP contribution in [-0.4, -0.2) is 12.7 Å². The minimum Gasteiger partial charge on any atom is -0.377 e. The fraction of sp³-hybridized carbons (Fsp3) is 0.538. The molecule has 0 spiro atoms. The third-order valence-corrected chi connectivity index (χ3v) is 3.11. The molecule has 3 N–H and O–H groups in total. The van der Waals surface area contributed by atoms with Gasteiger partial charge in [0, 0.05) is 7.11 Å². The summed E-state index contributed by atoms with van der Waals surface area (Å²) in [7, 11) is 1.70. The molecule has 0 amide bonds. The van der Waals surface area contributed by atoms with Gasteiger partial charge in [0.2, 0.25) is 0 Å². The van der Waals surface area contributed by atoms with E-state index in [1.807, 2.05) is 13.8 Å². The first-order valence-corrected chi connectivity index (χ1v) is 5.65. The van der Waals surface area contributed by atoms with E-state index in [-0.39, 0.29) is 11.6 Å². The number of hydrazine groups is 1. The smallest absolute Gasteiger partial charge is 0.0829 e. The van der Waals surface area contributed by atoms with Gasteiger partial charge in [0.15, 0.2) is 0 Å². The Morgan fingerprint density at radius 1 is 1.31 bits per heavy atom. The van der Waals surface area contributed by atoms with E-state index in [9.17, 15) is 0 Å². The Morgan fingerprint density at radius 2 is 1.88 bits per heavy atom. The van der Waals surface area contributed by atoms with E-state index >= 15 is 0 Å². The largest absolute Gasteiger partial charge is 0.377 e. The molecule has 0 aromatic heterocycles. The van der Waals surface area contributed by atoms with Crippen molar-refractivity contribution in [1.29, 1.82) is 0 Å². The van der Waals surface area contributed by atoms with Gasteiger partial charge < -0.3 is 4.74 Å². The van der Waals surface area contributed by atoms with Gasteiger partial charge in [-0.1, -0.05) is 31.2 Å². The molecule has 1 aromatic rings. The number of hydrogen-bond acceptors (Lipinski definition) is 3. The fourth-order valence-electron chi connectivity index (χ4n) is 1.76. The van der Waals surface area contributed by atoms with Crippen LogP contribution in [0.4, 0.5) is 0 Å². The van der Waals surface area contributed by atoms with Crippen LogP contribution >= 0.6 is 0 Å². The molecule has 1 unspecified atom stereocenters. The monoisotopic (exact) mass is 222 g/mol. The van der Waals surface area contributed by atoms with Crippen LogP contribution in [0.15, 0.2) is 24.3 Å². The van der Waals surface area contributed by atoms with Crippen molar-refractivity contribution in [3.05, 3.63) is 35.4 Å². The van der Waals surface area contributed by atoms with Crippen LogP contribution in [0, 0.1) is 0 Å². The first kappa shape index (κ1) is 13.2. The molecule has 0 heterocycles. The Labute approximate surface area is 98.0 Å². The molecule has 0 bridgehead atoms. The highest BCUT2D eigenvalue weighted by molar-refractivity contribution is 5.26. The lowest BCUT2D eigenvalue weighted by molar-refractivity contribution is -0.0111. The summed E-state index contributed by atoms with van der Waals surface area (Å²) in [6.07, 6.45) is 1.05. The molecule has 0 fully saturated rings. The van der Waals surface area contributed by atoms with E-state index in [1.165, 1.54) is 5.56 Å². The van der Waals surface area contributed by atoms with E-state index in [4.69, 9.17) is 10.6 Å². The highest BCUT2D eigenvalue weighted by Crippen LogP contribution is 2.27. The van der Waals surface area contributed by atoms with Crippen LogP contribution in [0.1, 0.15) is 37.9 Å². The second-order valence-corrected chi connectivity index (χ2v) is 4.50. The summed E-state index contributed by atoms with van der Waals surface area (Å²) < 4.78 is 5.46. The molecule has 0 aliphatic carbocycles. The average Bonchev–Trinajstić information content (AvgIpc) is 2.30. The lowest BCUT2D eigenvalue weighted by atomic mass is 9.91. The van der Waals surface area contributed by atoms with E-state index in [0.717, 1.165) is 12.0 Å². The lowest BCUT2D eigenvalue weighted by Gasteiger charge is -2.32. The van der Waals surface area contributed by atoms with Gasteiger partial charge in [-0.15, -0.1) is 0 Å². The van der Waals surface area contributed by atoms with Crippen LogP contribution in [0.5, 0.6) is 0 Å². The predicted molar refractivity (Wildman–Crippen MR) is 67.0 cm³/mol.